The Morgan fingerprint density at radius 1 is 1.15 bits per heavy atom. The van der Waals surface area contributed by atoms with Crippen molar-refractivity contribution in [2.45, 2.75) is 32.1 Å². The molecule has 2 N–H and O–H groups in total. The maximum absolute atomic E-state index is 13.4. The number of aryl methyl sites for hydroxylation is 1. The topological polar surface area (TPSA) is 84.9 Å². The van der Waals surface area contributed by atoms with Gasteiger partial charge in [-0.1, -0.05) is 24.3 Å². The molecule has 2 aromatic carbocycles. The van der Waals surface area contributed by atoms with Crippen LogP contribution in [0.4, 0.5) is 4.39 Å². The Labute approximate surface area is 149 Å². The van der Waals surface area contributed by atoms with Crippen LogP contribution in [0.15, 0.2) is 42.5 Å². The van der Waals surface area contributed by atoms with Gasteiger partial charge in [0.15, 0.2) is 17.5 Å². The highest BCUT2D eigenvalue weighted by molar-refractivity contribution is 5.88. The number of ether oxygens (including phenoxy) is 2. The van der Waals surface area contributed by atoms with Crippen molar-refractivity contribution in [2.24, 2.45) is 0 Å². The average Bonchev–Trinajstić information content (AvgIpc) is 2.61. The van der Waals surface area contributed by atoms with Crippen LogP contribution in [0.2, 0.25) is 0 Å². The first-order valence-electron chi connectivity index (χ1n) is 8.08. The summed E-state index contributed by atoms with van der Waals surface area (Å²) in [6.45, 7) is 3.19. The van der Waals surface area contributed by atoms with Gasteiger partial charge in [0.2, 0.25) is 6.10 Å². The zero-order valence-electron chi connectivity index (χ0n) is 14.2. The third kappa shape index (κ3) is 3.46. The van der Waals surface area contributed by atoms with Crippen LogP contribution >= 0.6 is 0 Å². The lowest BCUT2D eigenvalue weighted by atomic mass is 10.0. The Bertz CT molecular complexity index is 854. The fourth-order valence-corrected chi connectivity index (χ4v) is 2.77. The number of halogens is 1. The van der Waals surface area contributed by atoms with Crippen molar-refractivity contribution in [1.29, 1.82) is 0 Å². The number of carbonyl (C=O) groups excluding carboxylic acids is 1. The number of hydrogen-bond acceptors (Lipinski definition) is 4. The van der Waals surface area contributed by atoms with Crippen molar-refractivity contribution in [2.75, 3.05) is 0 Å². The molecule has 0 bridgehead atoms. The Balaban J connectivity index is 1.80. The Hall–Kier alpha value is -3.09. The van der Waals surface area contributed by atoms with Crippen molar-refractivity contribution in [3.63, 3.8) is 0 Å². The summed E-state index contributed by atoms with van der Waals surface area (Å²) in [7, 11) is 0. The summed E-state index contributed by atoms with van der Waals surface area (Å²) in [5, 5.41) is 11.9. The van der Waals surface area contributed by atoms with E-state index in [0.717, 1.165) is 0 Å². The van der Waals surface area contributed by atoms with E-state index in [2.05, 4.69) is 5.32 Å². The SMILES string of the molecule is Cc1cc(C(NC(=O)C2Oc3ccccc3OC2C)C(=O)O)ccc1F. The lowest BCUT2D eigenvalue weighted by molar-refractivity contribution is -0.144. The first-order chi connectivity index (χ1) is 12.4. The number of aliphatic carboxylic acids is 1. The van der Waals surface area contributed by atoms with Gasteiger partial charge in [0.1, 0.15) is 11.9 Å². The molecule has 2 aromatic rings. The number of carboxylic acid groups (broad SMARTS) is 1. The molecule has 1 aliphatic heterocycles. The quantitative estimate of drug-likeness (QED) is 0.877. The Kier molecular flexibility index (Phi) is 4.79. The molecular weight excluding hydrogens is 341 g/mol. The minimum atomic E-state index is -1.32. The highest BCUT2D eigenvalue weighted by Crippen LogP contribution is 2.33. The standard InChI is InChI=1S/C19H18FNO5/c1-10-9-12(7-8-13(10)20)16(19(23)24)21-18(22)17-11(2)25-14-5-3-4-6-15(14)26-17/h3-9,11,16-17H,1-2H3,(H,21,22)(H,23,24). The van der Waals surface area contributed by atoms with E-state index in [0.29, 0.717) is 17.1 Å². The molecule has 0 saturated heterocycles. The summed E-state index contributed by atoms with van der Waals surface area (Å²) < 4.78 is 24.8. The molecule has 3 unspecified atom stereocenters. The zero-order valence-corrected chi connectivity index (χ0v) is 14.2. The highest BCUT2D eigenvalue weighted by Gasteiger charge is 2.36. The van der Waals surface area contributed by atoms with Crippen LogP contribution in [-0.4, -0.2) is 29.2 Å². The monoisotopic (exact) mass is 359 g/mol. The highest BCUT2D eigenvalue weighted by atomic mass is 19.1. The molecular formula is C19H18FNO5. The predicted octanol–water partition coefficient (Wildman–Crippen LogP) is 2.60. The van der Waals surface area contributed by atoms with Crippen LogP contribution < -0.4 is 14.8 Å². The molecule has 3 atom stereocenters. The Morgan fingerprint density at radius 3 is 2.42 bits per heavy atom. The van der Waals surface area contributed by atoms with Crippen LogP contribution in [0.25, 0.3) is 0 Å². The summed E-state index contributed by atoms with van der Waals surface area (Å²) in [5.41, 5.74) is 0.567. The second-order valence-corrected chi connectivity index (χ2v) is 6.10. The van der Waals surface area contributed by atoms with Gasteiger partial charge in [-0.3, -0.25) is 4.79 Å². The summed E-state index contributed by atoms with van der Waals surface area (Å²) in [6, 6.07) is 9.49. The molecule has 7 heteroatoms. The van der Waals surface area contributed by atoms with Crippen molar-refractivity contribution in [3.05, 3.63) is 59.4 Å². The summed E-state index contributed by atoms with van der Waals surface area (Å²) in [6.07, 6.45) is -1.61. The van der Waals surface area contributed by atoms with Crippen LogP contribution in [-0.2, 0) is 9.59 Å². The molecule has 0 aliphatic carbocycles. The Morgan fingerprint density at radius 2 is 1.81 bits per heavy atom. The maximum Gasteiger partial charge on any atom is 0.330 e. The molecule has 26 heavy (non-hydrogen) atoms. The second-order valence-electron chi connectivity index (χ2n) is 6.10. The second kappa shape index (κ2) is 7.03. The van der Waals surface area contributed by atoms with Crippen molar-refractivity contribution >= 4 is 11.9 Å². The number of nitrogens with one attached hydrogen (secondary N) is 1. The summed E-state index contributed by atoms with van der Waals surface area (Å²) in [4.78, 5) is 24.2. The van der Waals surface area contributed by atoms with Crippen LogP contribution in [0.3, 0.4) is 0 Å². The van der Waals surface area contributed by atoms with Gasteiger partial charge in [-0.15, -0.1) is 0 Å². The average molecular weight is 359 g/mol. The predicted molar refractivity (Wildman–Crippen MR) is 90.6 cm³/mol. The van der Waals surface area contributed by atoms with Gasteiger partial charge in [-0.25, -0.2) is 9.18 Å². The lowest BCUT2D eigenvalue weighted by Crippen LogP contribution is -2.50. The van der Waals surface area contributed by atoms with Gasteiger partial charge in [-0.2, -0.15) is 0 Å². The van der Waals surface area contributed by atoms with Gasteiger partial charge in [0, 0.05) is 0 Å². The molecule has 3 rings (SSSR count). The molecule has 0 radical (unpaired) electrons. The molecule has 0 spiro atoms. The number of carbonyl (C=O) groups is 2. The van der Waals surface area contributed by atoms with E-state index in [4.69, 9.17) is 9.47 Å². The number of para-hydroxylation sites is 2. The van der Waals surface area contributed by atoms with E-state index in [1.807, 2.05) is 0 Å². The van der Waals surface area contributed by atoms with Gasteiger partial charge < -0.3 is 19.9 Å². The van der Waals surface area contributed by atoms with Gasteiger partial charge in [0.05, 0.1) is 0 Å². The van der Waals surface area contributed by atoms with Crippen molar-refractivity contribution < 1.29 is 28.6 Å². The van der Waals surface area contributed by atoms with Crippen molar-refractivity contribution in [3.8, 4) is 11.5 Å². The summed E-state index contributed by atoms with van der Waals surface area (Å²) in [5.74, 6) is -1.39. The van der Waals surface area contributed by atoms with Gasteiger partial charge >= 0.3 is 5.97 Å². The molecule has 0 saturated carbocycles. The van der Waals surface area contributed by atoms with Crippen molar-refractivity contribution in [1.82, 2.24) is 5.32 Å². The zero-order chi connectivity index (χ0) is 18.8. The fraction of sp³-hybridized carbons (Fsp3) is 0.263. The van der Waals surface area contributed by atoms with E-state index in [-0.39, 0.29) is 5.56 Å². The van der Waals surface area contributed by atoms with E-state index < -0.39 is 35.9 Å². The third-order valence-corrected chi connectivity index (χ3v) is 4.15. The van der Waals surface area contributed by atoms with E-state index >= 15 is 0 Å². The normalized spacial score (nSPS) is 19.5. The number of benzene rings is 2. The molecule has 1 amide bonds. The first-order valence-corrected chi connectivity index (χ1v) is 8.08. The summed E-state index contributed by atoms with van der Waals surface area (Å²) >= 11 is 0. The molecule has 1 aliphatic rings. The number of hydrogen-bond donors (Lipinski definition) is 2. The number of amides is 1. The van der Waals surface area contributed by atoms with E-state index in [1.54, 1.807) is 31.2 Å². The maximum atomic E-state index is 13.4. The van der Waals surface area contributed by atoms with Crippen LogP contribution in [0, 0.1) is 12.7 Å². The van der Waals surface area contributed by atoms with E-state index in [9.17, 15) is 19.1 Å². The molecule has 1 heterocycles. The molecule has 136 valence electrons. The lowest BCUT2D eigenvalue weighted by Gasteiger charge is -2.31. The van der Waals surface area contributed by atoms with Gasteiger partial charge in [-0.05, 0) is 43.2 Å². The largest absolute Gasteiger partial charge is 0.482 e. The smallest absolute Gasteiger partial charge is 0.330 e. The number of carboxylic acids is 1. The number of rotatable bonds is 4. The third-order valence-electron chi connectivity index (χ3n) is 4.15. The minimum Gasteiger partial charge on any atom is -0.482 e. The number of fused-ring (bicyclic) bond motifs is 1. The van der Waals surface area contributed by atoms with E-state index in [1.165, 1.54) is 25.1 Å². The fourth-order valence-electron chi connectivity index (χ4n) is 2.77. The van der Waals surface area contributed by atoms with Crippen LogP contribution in [0.5, 0.6) is 11.5 Å². The molecule has 0 fully saturated rings. The molecule has 0 aromatic heterocycles. The van der Waals surface area contributed by atoms with Crippen LogP contribution in [0.1, 0.15) is 24.1 Å². The molecule has 6 nitrogen and oxygen atoms in total. The first kappa shape index (κ1) is 17.7. The van der Waals surface area contributed by atoms with Gasteiger partial charge in [0.25, 0.3) is 5.91 Å². The minimum absolute atomic E-state index is 0.273.